The highest BCUT2D eigenvalue weighted by atomic mass is 16.5. The third-order valence-electron chi connectivity index (χ3n) is 10.00. The number of carbonyl (C=O) groups is 1. The summed E-state index contributed by atoms with van der Waals surface area (Å²) in [7, 11) is 1.67. The van der Waals surface area contributed by atoms with Crippen LogP contribution in [0.1, 0.15) is 40.2 Å². The fourth-order valence-corrected chi connectivity index (χ4v) is 7.30. The molecule has 2 saturated heterocycles. The van der Waals surface area contributed by atoms with Gasteiger partial charge in [-0.25, -0.2) is 15.0 Å². The van der Waals surface area contributed by atoms with Crippen LogP contribution >= 0.6 is 0 Å². The Bertz CT molecular complexity index is 1870. The third-order valence-corrected chi connectivity index (χ3v) is 10.00. The Labute approximate surface area is 272 Å². The van der Waals surface area contributed by atoms with E-state index in [9.17, 15) is 14.7 Å². The van der Waals surface area contributed by atoms with Gasteiger partial charge in [-0.05, 0) is 55.5 Å². The normalized spacial score (nSPS) is 18.6. The molecule has 7 heterocycles. The van der Waals surface area contributed by atoms with Crippen molar-refractivity contribution in [1.29, 1.82) is 0 Å². The van der Waals surface area contributed by atoms with Gasteiger partial charge in [-0.3, -0.25) is 19.4 Å². The summed E-state index contributed by atoms with van der Waals surface area (Å²) in [4.78, 5) is 47.3. The third kappa shape index (κ3) is 5.37. The lowest BCUT2D eigenvalue weighted by molar-refractivity contribution is -0.0661. The first-order valence-electron chi connectivity index (χ1n) is 16.5. The minimum atomic E-state index is -0.346. The number of aliphatic hydroxyl groups excluding tert-OH is 1. The number of aromatic nitrogens is 5. The number of pyridine rings is 2. The van der Waals surface area contributed by atoms with Crippen LogP contribution in [0.3, 0.4) is 0 Å². The number of amides is 1. The van der Waals surface area contributed by atoms with E-state index in [4.69, 9.17) is 9.72 Å². The largest absolute Gasteiger partial charge is 0.392 e. The SMILES string of the molecule is Cn1cc(-c2ccnc(N3CCn4c(cc5c4CCCC5)C3=O)c2CO)nc(Nc2ccc(N3CCN(C4COC4)CC3)nc2)c1=O. The Kier molecular flexibility index (Phi) is 7.74. The number of nitrogens with zero attached hydrogens (tertiary/aromatic N) is 8. The van der Waals surface area contributed by atoms with Gasteiger partial charge in [-0.15, -0.1) is 0 Å². The number of piperazine rings is 1. The molecule has 4 aliphatic rings. The van der Waals surface area contributed by atoms with Gasteiger partial charge in [0.1, 0.15) is 17.3 Å². The number of aryl methyl sites for hydroxylation is 2. The van der Waals surface area contributed by atoms with Crippen molar-refractivity contribution in [3.05, 3.63) is 75.7 Å². The van der Waals surface area contributed by atoms with Crippen molar-refractivity contribution in [2.24, 2.45) is 7.05 Å². The first-order chi connectivity index (χ1) is 23.0. The van der Waals surface area contributed by atoms with Crippen molar-refractivity contribution in [2.75, 3.05) is 61.1 Å². The summed E-state index contributed by atoms with van der Waals surface area (Å²) in [6.45, 7) is 6.21. The van der Waals surface area contributed by atoms with Crippen LogP contribution in [0.15, 0.2) is 47.7 Å². The molecular formula is C34H39N9O4. The van der Waals surface area contributed by atoms with Crippen LogP contribution in [0.25, 0.3) is 11.3 Å². The molecule has 0 saturated carbocycles. The number of hydrogen-bond donors (Lipinski definition) is 2. The lowest BCUT2D eigenvalue weighted by atomic mass is 9.98. The van der Waals surface area contributed by atoms with Crippen LogP contribution in [0.2, 0.25) is 0 Å². The molecule has 2 fully saturated rings. The maximum atomic E-state index is 13.8. The Hall–Kier alpha value is -4.59. The second-order valence-corrected chi connectivity index (χ2v) is 12.8. The summed E-state index contributed by atoms with van der Waals surface area (Å²) in [5.74, 6) is 1.32. The molecule has 13 heteroatoms. The van der Waals surface area contributed by atoms with E-state index >= 15 is 0 Å². The Morgan fingerprint density at radius 2 is 1.83 bits per heavy atom. The number of rotatable bonds is 7. The number of anilines is 4. The van der Waals surface area contributed by atoms with Gasteiger partial charge < -0.3 is 29.2 Å². The number of hydrogen-bond acceptors (Lipinski definition) is 10. The van der Waals surface area contributed by atoms with E-state index < -0.39 is 0 Å². The highest BCUT2D eigenvalue weighted by Gasteiger charge is 2.33. The fourth-order valence-electron chi connectivity index (χ4n) is 7.30. The van der Waals surface area contributed by atoms with Crippen molar-refractivity contribution >= 4 is 29.0 Å². The minimum absolute atomic E-state index is 0.119. The highest BCUT2D eigenvalue weighted by molar-refractivity contribution is 6.06. The van der Waals surface area contributed by atoms with E-state index in [1.807, 2.05) is 18.2 Å². The van der Waals surface area contributed by atoms with Gasteiger partial charge in [0.05, 0.1) is 43.4 Å². The van der Waals surface area contributed by atoms with Crippen molar-refractivity contribution in [3.63, 3.8) is 0 Å². The number of ether oxygens (including phenoxy) is 1. The lowest BCUT2D eigenvalue weighted by Gasteiger charge is -2.42. The first kappa shape index (κ1) is 29.8. The van der Waals surface area contributed by atoms with E-state index in [1.165, 1.54) is 15.8 Å². The summed E-state index contributed by atoms with van der Waals surface area (Å²) in [5, 5.41) is 13.8. The minimum Gasteiger partial charge on any atom is -0.392 e. The summed E-state index contributed by atoms with van der Waals surface area (Å²) < 4.78 is 8.97. The monoisotopic (exact) mass is 637 g/mol. The quantitative estimate of drug-likeness (QED) is 0.311. The van der Waals surface area contributed by atoms with Gasteiger partial charge in [0.25, 0.3) is 11.5 Å². The number of carbonyl (C=O) groups excluding carboxylic acids is 1. The highest BCUT2D eigenvalue weighted by Crippen LogP contribution is 2.34. The molecule has 0 atom stereocenters. The van der Waals surface area contributed by atoms with Crippen LogP contribution in [0, 0.1) is 0 Å². The first-order valence-corrected chi connectivity index (χ1v) is 16.5. The second-order valence-electron chi connectivity index (χ2n) is 12.8. The van der Waals surface area contributed by atoms with Crippen molar-refractivity contribution in [3.8, 4) is 11.3 Å². The number of aliphatic hydroxyl groups is 1. The van der Waals surface area contributed by atoms with E-state index in [0.29, 0.717) is 53.2 Å². The van der Waals surface area contributed by atoms with Gasteiger partial charge in [0, 0.05) is 75.5 Å². The molecule has 1 amide bonds. The molecule has 244 valence electrons. The Morgan fingerprint density at radius 1 is 1.00 bits per heavy atom. The molecule has 4 aromatic heterocycles. The van der Waals surface area contributed by atoms with Gasteiger partial charge >= 0.3 is 0 Å². The molecule has 2 N–H and O–H groups in total. The maximum absolute atomic E-state index is 13.8. The zero-order chi connectivity index (χ0) is 32.1. The average molecular weight is 638 g/mol. The molecule has 47 heavy (non-hydrogen) atoms. The zero-order valence-corrected chi connectivity index (χ0v) is 26.6. The van der Waals surface area contributed by atoms with Crippen molar-refractivity contribution < 1.29 is 14.6 Å². The Balaban J connectivity index is 1.04. The summed E-state index contributed by atoms with van der Waals surface area (Å²) in [6, 6.07) is 8.20. The predicted octanol–water partition coefficient (Wildman–Crippen LogP) is 2.33. The Morgan fingerprint density at radius 3 is 2.57 bits per heavy atom. The van der Waals surface area contributed by atoms with Crippen LogP contribution in [0.4, 0.5) is 23.1 Å². The van der Waals surface area contributed by atoms with Gasteiger partial charge in [0.15, 0.2) is 5.82 Å². The molecule has 0 spiro atoms. The van der Waals surface area contributed by atoms with E-state index in [2.05, 4.69) is 29.7 Å². The summed E-state index contributed by atoms with van der Waals surface area (Å²) in [6.07, 6.45) is 9.27. The van der Waals surface area contributed by atoms with Crippen LogP contribution < -0.4 is 20.7 Å². The van der Waals surface area contributed by atoms with Gasteiger partial charge in [0.2, 0.25) is 0 Å². The molecule has 4 aromatic rings. The molecule has 8 rings (SSSR count). The van der Waals surface area contributed by atoms with E-state index in [-0.39, 0.29) is 23.9 Å². The average Bonchev–Trinajstić information content (AvgIpc) is 3.46. The second kappa shape index (κ2) is 12.2. The predicted molar refractivity (Wildman–Crippen MR) is 177 cm³/mol. The van der Waals surface area contributed by atoms with Crippen LogP contribution in [-0.4, -0.2) is 92.0 Å². The van der Waals surface area contributed by atoms with Crippen LogP contribution in [-0.2, 0) is 37.8 Å². The molecule has 1 aliphatic carbocycles. The zero-order valence-electron chi connectivity index (χ0n) is 26.6. The van der Waals surface area contributed by atoms with Crippen molar-refractivity contribution in [1.82, 2.24) is 29.0 Å². The van der Waals surface area contributed by atoms with Gasteiger partial charge in [-0.1, -0.05) is 0 Å². The van der Waals surface area contributed by atoms with Crippen molar-refractivity contribution in [2.45, 2.75) is 44.9 Å². The van der Waals surface area contributed by atoms with Crippen LogP contribution in [0.5, 0.6) is 0 Å². The standard InChI is InChI=1S/C34H39N9O4/c1-39-18-27(38-31(34(39)46)37-23-6-7-30(36-17-23)41-12-10-40(11-13-41)24-20-47-21-24)25-8-9-35-32(26(25)19-44)43-15-14-42-28-5-3-2-4-22(28)16-29(42)33(43)45/h6-9,16-18,24,44H,2-5,10-15,19-21H2,1H3,(H,37,38). The molecule has 3 aliphatic heterocycles. The molecule has 0 bridgehead atoms. The van der Waals surface area contributed by atoms with Gasteiger partial charge in [-0.2, -0.15) is 0 Å². The number of nitrogens with one attached hydrogen (secondary N) is 1. The molecule has 0 aromatic carbocycles. The maximum Gasteiger partial charge on any atom is 0.293 e. The molecule has 0 radical (unpaired) electrons. The number of fused-ring (bicyclic) bond motifs is 3. The van der Waals surface area contributed by atoms with E-state index in [0.717, 1.165) is 70.9 Å². The summed E-state index contributed by atoms with van der Waals surface area (Å²) >= 11 is 0. The molecule has 0 unspecified atom stereocenters. The smallest absolute Gasteiger partial charge is 0.293 e. The topological polar surface area (TPSA) is 134 Å². The lowest BCUT2D eigenvalue weighted by Crippen LogP contribution is -2.56. The fraction of sp³-hybridized carbons (Fsp3) is 0.441. The molecule has 13 nitrogen and oxygen atoms in total. The molecular weight excluding hydrogens is 598 g/mol. The van der Waals surface area contributed by atoms with E-state index in [1.54, 1.807) is 36.6 Å². The summed E-state index contributed by atoms with van der Waals surface area (Å²) in [5.41, 5.74) is 5.13.